The summed E-state index contributed by atoms with van der Waals surface area (Å²) >= 11 is 0. The molecular formula is C15H23FN2O. The number of hydrazine groups is 1. The number of halogens is 1. The summed E-state index contributed by atoms with van der Waals surface area (Å²) in [4.78, 5) is 0. The maximum atomic E-state index is 13.4. The second kappa shape index (κ2) is 5.57. The van der Waals surface area contributed by atoms with Gasteiger partial charge in [0, 0.05) is 5.92 Å². The molecule has 3 nitrogen and oxygen atoms in total. The first-order valence-electron chi connectivity index (χ1n) is 6.83. The Labute approximate surface area is 114 Å². The second-order valence-electron chi connectivity index (χ2n) is 5.64. The maximum absolute atomic E-state index is 13.4. The standard InChI is InChI=1S/C15H23FN2O/c1-8-7-12(5-6-13(8)16)15(18-17)14-9(2)10(3)19-11(14)4/h5-7,9-11,14-15,18H,17H2,1-4H3. The molecule has 1 aromatic carbocycles. The van der Waals surface area contributed by atoms with Gasteiger partial charge in [-0.05, 0) is 43.9 Å². The summed E-state index contributed by atoms with van der Waals surface area (Å²) in [5.41, 5.74) is 4.55. The van der Waals surface area contributed by atoms with Crippen LogP contribution in [0.4, 0.5) is 4.39 Å². The van der Waals surface area contributed by atoms with Gasteiger partial charge in [0.1, 0.15) is 5.82 Å². The Hall–Kier alpha value is -0.970. The van der Waals surface area contributed by atoms with Gasteiger partial charge in [-0.2, -0.15) is 0 Å². The molecule has 106 valence electrons. The third-order valence-electron chi connectivity index (χ3n) is 4.42. The van der Waals surface area contributed by atoms with Crippen LogP contribution in [0.3, 0.4) is 0 Å². The predicted octanol–water partition coefficient (Wildman–Crippen LogP) is 2.70. The number of benzene rings is 1. The van der Waals surface area contributed by atoms with Gasteiger partial charge in [-0.3, -0.25) is 11.3 Å². The van der Waals surface area contributed by atoms with E-state index in [4.69, 9.17) is 10.6 Å². The lowest BCUT2D eigenvalue weighted by molar-refractivity contribution is 0.0475. The molecule has 3 N–H and O–H groups in total. The molecule has 1 aliphatic rings. The van der Waals surface area contributed by atoms with Gasteiger partial charge >= 0.3 is 0 Å². The number of rotatable bonds is 3. The van der Waals surface area contributed by atoms with E-state index in [1.165, 1.54) is 6.07 Å². The summed E-state index contributed by atoms with van der Waals surface area (Å²) in [6.45, 7) is 8.11. The normalized spacial score (nSPS) is 32.5. The Morgan fingerprint density at radius 3 is 2.42 bits per heavy atom. The van der Waals surface area contributed by atoms with Crippen LogP contribution in [-0.2, 0) is 4.74 Å². The fraction of sp³-hybridized carbons (Fsp3) is 0.600. The summed E-state index contributed by atoms with van der Waals surface area (Å²) < 4.78 is 19.3. The van der Waals surface area contributed by atoms with Crippen molar-refractivity contribution in [3.05, 3.63) is 35.1 Å². The van der Waals surface area contributed by atoms with Crippen molar-refractivity contribution in [3.63, 3.8) is 0 Å². The molecule has 1 heterocycles. The van der Waals surface area contributed by atoms with Gasteiger partial charge in [0.15, 0.2) is 0 Å². The van der Waals surface area contributed by atoms with E-state index in [1.807, 2.05) is 6.07 Å². The van der Waals surface area contributed by atoms with Gasteiger partial charge < -0.3 is 4.74 Å². The van der Waals surface area contributed by atoms with Crippen LogP contribution in [0.25, 0.3) is 0 Å². The Kier molecular flexibility index (Phi) is 4.23. The molecule has 1 aromatic rings. The quantitative estimate of drug-likeness (QED) is 0.653. The van der Waals surface area contributed by atoms with Gasteiger partial charge in [-0.15, -0.1) is 0 Å². The van der Waals surface area contributed by atoms with Crippen LogP contribution in [0, 0.1) is 24.6 Å². The molecule has 1 fully saturated rings. The summed E-state index contributed by atoms with van der Waals surface area (Å²) in [6, 6.07) is 5.15. The van der Waals surface area contributed by atoms with Crippen molar-refractivity contribution in [2.45, 2.75) is 45.9 Å². The lowest BCUT2D eigenvalue weighted by Crippen LogP contribution is -2.38. The van der Waals surface area contributed by atoms with Crippen molar-refractivity contribution in [1.82, 2.24) is 5.43 Å². The van der Waals surface area contributed by atoms with E-state index in [0.29, 0.717) is 11.5 Å². The van der Waals surface area contributed by atoms with Crippen LogP contribution in [-0.4, -0.2) is 12.2 Å². The molecule has 4 heteroatoms. The zero-order valence-corrected chi connectivity index (χ0v) is 12.0. The highest BCUT2D eigenvalue weighted by atomic mass is 19.1. The highest BCUT2D eigenvalue weighted by Gasteiger charge is 2.41. The highest BCUT2D eigenvalue weighted by Crippen LogP contribution is 2.40. The molecule has 5 atom stereocenters. The molecular weight excluding hydrogens is 243 g/mol. The number of ether oxygens (including phenoxy) is 1. The minimum absolute atomic E-state index is 0.0192. The van der Waals surface area contributed by atoms with Gasteiger partial charge in [0.05, 0.1) is 18.2 Å². The van der Waals surface area contributed by atoms with Crippen molar-refractivity contribution in [2.75, 3.05) is 0 Å². The van der Waals surface area contributed by atoms with Gasteiger partial charge in [0.2, 0.25) is 0 Å². The highest BCUT2D eigenvalue weighted by molar-refractivity contribution is 5.27. The fourth-order valence-electron chi connectivity index (χ4n) is 3.16. The van der Waals surface area contributed by atoms with E-state index in [1.54, 1.807) is 13.0 Å². The molecule has 0 bridgehead atoms. The Balaban J connectivity index is 2.31. The van der Waals surface area contributed by atoms with Crippen LogP contribution in [0.2, 0.25) is 0 Å². The number of aryl methyl sites for hydroxylation is 1. The van der Waals surface area contributed by atoms with Crippen molar-refractivity contribution >= 4 is 0 Å². The topological polar surface area (TPSA) is 47.3 Å². The van der Waals surface area contributed by atoms with Crippen molar-refractivity contribution < 1.29 is 9.13 Å². The number of nitrogens with one attached hydrogen (secondary N) is 1. The van der Waals surface area contributed by atoms with Crippen molar-refractivity contribution in [3.8, 4) is 0 Å². The van der Waals surface area contributed by atoms with Crippen LogP contribution in [0.15, 0.2) is 18.2 Å². The third kappa shape index (κ3) is 2.66. The number of hydrogen-bond donors (Lipinski definition) is 2. The summed E-state index contributed by atoms with van der Waals surface area (Å²) in [6.07, 6.45) is 0.355. The SMILES string of the molecule is Cc1cc(C(NN)C2C(C)OC(C)C2C)ccc1F. The minimum Gasteiger partial charge on any atom is -0.375 e. The second-order valence-corrected chi connectivity index (χ2v) is 5.64. The first-order valence-corrected chi connectivity index (χ1v) is 6.83. The number of nitrogens with two attached hydrogens (primary N) is 1. The van der Waals surface area contributed by atoms with Crippen LogP contribution < -0.4 is 11.3 Å². The Morgan fingerprint density at radius 1 is 1.26 bits per heavy atom. The Morgan fingerprint density at radius 2 is 1.95 bits per heavy atom. The molecule has 0 aromatic heterocycles. The van der Waals surface area contributed by atoms with E-state index in [2.05, 4.69) is 26.2 Å². The zero-order chi connectivity index (χ0) is 14.2. The van der Waals surface area contributed by atoms with Crippen molar-refractivity contribution in [2.24, 2.45) is 17.7 Å². The smallest absolute Gasteiger partial charge is 0.126 e. The molecule has 2 rings (SSSR count). The average Bonchev–Trinajstić information content (AvgIpc) is 2.61. The molecule has 1 aliphatic heterocycles. The largest absolute Gasteiger partial charge is 0.375 e. The van der Waals surface area contributed by atoms with E-state index in [9.17, 15) is 4.39 Å². The summed E-state index contributed by atoms with van der Waals surface area (Å²) in [7, 11) is 0. The number of hydrogen-bond acceptors (Lipinski definition) is 3. The maximum Gasteiger partial charge on any atom is 0.126 e. The van der Waals surface area contributed by atoms with Crippen molar-refractivity contribution in [1.29, 1.82) is 0 Å². The van der Waals surface area contributed by atoms with E-state index in [-0.39, 0.29) is 30.0 Å². The Bertz CT molecular complexity index is 452. The van der Waals surface area contributed by atoms with E-state index in [0.717, 1.165) is 5.56 Å². The molecule has 5 unspecified atom stereocenters. The summed E-state index contributed by atoms with van der Waals surface area (Å²) in [5, 5.41) is 0. The monoisotopic (exact) mass is 266 g/mol. The van der Waals surface area contributed by atoms with E-state index >= 15 is 0 Å². The van der Waals surface area contributed by atoms with Crippen LogP contribution in [0.5, 0.6) is 0 Å². The molecule has 0 radical (unpaired) electrons. The van der Waals surface area contributed by atoms with Crippen LogP contribution in [0.1, 0.15) is 37.9 Å². The molecule has 19 heavy (non-hydrogen) atoms. The zero-order valence-electron chi connectivity index (χ0n) is 12.0. The first-order chi connectivity index (χ1) is 8.95. The molecule has 0 spiro atoms. The average molecular weight is 266 g/mol. The summed E-state index contributed by atoms with van der Waals surface area (Å²) in [5.74, 6) is 6.25. The van der Waals surface area contributed by atoms with Gasteiger partial charge in [-0.1, -0.05) is 19.1 Å². The molecule has 0 saturated carbocycles. The first kappa shape index (κ1) is 14.4. The van der Waals surface area contributed by atoms with Gasteiger partial charge in [0.25, 0.3) is 0 Å². The van der Waals surface area contributed by atoms with Gasteiger partial charge in [-0.25, -0.2) is 4.39 Å². The third-order valence-corrected chi connectivity index (χ3v) is 4.42. The fourth-order valence-corrected chi connectivity index (χ4v) is 3.16. The molecule has 0 aliphatic carbocycles. The molecule has 0 amide bonds. The predicted molar refractivity (Wildman–Crippen MR) is 73.9 cm³/mol. The van der Waals surface area contributed by atoms with Crippen LogP contribution >= 0.6 is 0 Å². The lowest BCUT2D eigenvalue weighted by atomic mass is 9.80. The van der Waals surface area contributed by atoms with E-state index < -0.39 is 0 Å². The minimum atomic E-state index is -0.184. The molecule has 1 saturated heterocycles. The lowest BCUT2D eigenvalue weighted by Gasteiger charge is -2.29.